The molecule has 1 aromatic carbocycles. The third-order valence-corrected chi connectivity index (χ3v) is 5.13. The summed E-state index contributed by atoms with van der Waals surface area (Å²) in [6.07, 6.45) is 11.0. The molecule has 0 spiro atoms. The van der Waals surface area contributed by atoms with Crippen molar-refractivity contribution < 1.29 is 28.8 Å². The summed E-state index contributed by atoms with van der Waals surface area (Å²) < 4.78 is 10.5. The molecule has 1 aromatic rings. The lowest BCUT2D eigenvalue weighted by molar-refractivity contribution is -0.384. The predicted molar refractivity (Wildman–Crippen MR) is 118 cm³/mol. The molecule has 1 aliphatic heterocycles. The number of hydrogen-bond donors (Lipinski definition) is 0. The molecule has 32 heavy (non-hydrogen) atoms. The van der Waals surface area contributed by atoms with Crippen molar-refractivity contribution in [1.29, 1.82) is 0 Å². The highest BCUT2D eigenvalue weighted by atomic mass is 16.7. The molecular formula is C23H32N2O7. The van der Waals surface area contributed by atoms with Gasteiger partial charge in [0, 0.05) is 12.5 Å². The number of carbonyl (C=O) groups is 2. The molecule has 0 atom stereocenters. The van der Waals surface area contributed by atoms with Crippen LogP contribution in [0.1, 0.15) is 77.0 Å². The topological polar surface area (TPSA) is 117 Å². The minimum absolute atomic E-state index is 0.122. The van der Waals surface area contributed by atoms with Crippen LogP contribution in [0.5, 0.6) is 5.75 Å². The number of ether oxygens (including phenoxy) is 2. The maximum atomic E-state index is 12.0. The van der Waals surface area contributed by atoms with Crippen LogP contribution in [0, 0.1) is 10.1 Å². The van der Waals surface area contributed by atoms with Crippen LogP contribution in [0.4, 0.5) is 5.69 Å². The van der Waals surface area contributed by atoms with Crippen molar-refractivity contribution in [2.45, 2.75) is 77.0 Å². The fourth-order valence-electron chi connectivity index (χ4n) is 3.38. The van der Waals surface area contributed by atoms with Gasteiger partial charge in [0.15, 0.2) is 6.61 Å². The second kappa shape index (κ2) is 14.9. The van der Waals surface area contributed by atoms with E-state index in [1.807, 2.05) is 0 Å². The Kier molecular flexibility index (Phi) is 11.8. The smallest absolute Gasteiger partial charge is 0.372 e. The molecule has 0 aromatic heterocycles. The van der Waals surface area contributed by atoms with Gasteiger partial charge in [-0.2, -0.15) is 0 Å². The SMILES string of the molecule is O=C1CCCCCCCCCC/C(=N\OC(=O)COc2cccc([N+](=O)[O-])c2)CCCO1. The number of nitro groups is 1. The maximum absolute atomic E-state index is 12.0. The highest BCUT2D eigenvalue weighted by Gasteiger charge is 2.11. The van der Waals surface area contributed by atoms with E-state index in [0.29, 0.717) is 32.3 Å². The average Bonchev–Trinajstić information content (AvgIpc) is 2.78. The molecule has 0 unspecified atom stereocenters. The molecule has 0 aliphatic carbocycles. The van der Waals surface area contributed by atoms with Gasteiger partial charge in [0.25, 0.3) is 5.69 Å². The Bertz CT molecular complexity index is 779. The standard InChI is InChI=1S/C23H32N2O7/c26-22-15-8-6-4-2-1-3-5-7-11-19(12-10-16-30-22)24-32-23(27)18-31-21-14-9-13-20(17-21)25(28)29/h9,13-14,17H,1-8,10-12,15-16,18H2/b24-19+. The number of rotatable bonds is 5. The molecule has 1 saturated heterocycles. The summed E-state index contributed by atoms with van der Waals surface area (Å²) in [6, 6.07) is 5.58. The van der Waals surface area contributed by atoms with Crippen molar-refractivity contribution in [2.75, 3.05) is 13.2 Å². The van der Waals surface area contributed by atoms with E-state index in [4.69, 9.17) is 14.3 Å². The Balaban J connectivity index is 1.82. The van der Waals surface area contributed by atoms with Crippen LogP contribution in [0.3, 0.4) is 0 Å². The van der Waals surface area contributed by atoms with Crippen molar-refractivity contribution in [3.8, 4) is 5.75 Å². The molecule has 1 aliphatic rings. The average molecular weight is 449 g/mol. The molecule has 9 heteroatoms. The number of oxime groups is 1. The predicted octanol–water partition coefficient (Wildman–Crippen LogP) is 5.11. The first-order valence-electron chi connectivity index (χ1n) is 11.3. The summed E-state index contributed by atoms with van der Waals surface area (Å²) >= 11 is 0. The fraction of sp³-hybridized carbons (Fsp3) is 0.609. The Labute approximate surface area is 188 Å². The van der Waals surface area contributed by atoms with E-state index in [9.17, 15) is 19.7 Å². The van der Waals surface area contributed by atoms with E-state index in [2.05, 4.69) is 5.16 Å². The van der Waals surface area contributed by atoms with Gasteiger partial charge in [-0.25, -0.2) is 4.79 Å². The molecule has 0 amide bonds. The number of cyclic esters (lactones) is 1. The molecule has 1 fully saturated rings. The lowest BCUT2D eigenvalue weighted by Crippen LogP contribution is -2.14. The van der Waals surface area contributed by atoms with Crippen LogP contribution in [-0.4, -0.2) is 35.8 Å². The van der Waals surface area contributed by atoms with E-state index in [0.717, 1.165) is 44.2 Å². The van der Waals surface area contributed by atoms with Gasteiger partial charge < -0.3 is 14.3 Å². The molecular weight excluding hydrogens is 416 g/mol. The molecule has 0 bridgehead atoms. The maximum Gasteiger partial charge on any atom is 0.372 e. The van der Waals surface area contributed by atoms with Crippen molar-refractivity contribution in [1.82, 2.24) is 0 Å². The monoisotopic (exact) mass is 448 g/mol. The van der Waals surface area contributed by atoms with Gasteiger partial charge in [0.1, 0.15) is 5.75 Å². The van der Waals surface area contributed by atoms with E-state index in [-0.39, 0.29) is 17.4 Å². The zero-order valence-electron chi connectivity index (χ0n) is 18.5. The Morgan fingerprint density at radius 2 is 1.66 bits per heavy atom. The summed E-state index contributed by atoms with van der Waals surface area (Å²) in [5.41, 5.74) is 0.625. The minimum atomic E-state index is -0.692. The van der Waals surface area contributed by atoms with Crippen LogP contribution in [0.15, 0.2) is 29.4 Å². The van der Waals surface area contributed by atoms with Crippen LogP contribution in [0.25, 0.3) is 0 Å². The zero-order valence-corrected chi connectivity index (χ0v) is 18.5. The summed E-state index contributed by atoms with van der Waals surface area (Å²) in [5.74, 6) is -0.654. The van der Waals surface area contributed by atoms with E-state index >= 15 is 0 Å². The van der Waals surface area contributed by atoms with Gasteiger partial charge >= 0.3 is 11.9 Å². The zero-order chi connectivity index (χ0) is 23.0. The van der Waals surface area contributed by atoms with Gasteiger partial charge in [0.05, 0.1) is 23.3 Å². The molecule has 0 saturated carbocycles. The molecule has 2 rings (SSSR count). The van der Waals surface area contributed by atoms with E-state index in [1.54, 1.807) is 0 Å². The Morgan fingerprint density at radius 3 is 2.38 bits per heavy atom. The first kappa shape index (κ1) is 25.3. The molecule has 1 heterocycles. The largest absolute Gasteiger partial charge is 0.482 e. The molecule has 0 radical (unpaired) electrons. The number of hydrogen-bond acceptors (Lipinski definition) is 8. The van der Waals surface area contributed by atoms with Gasteiger partial charge in [-0.1, -0.05) is 49.7 Å². The van der Waals surface area contributed by atoms with Crippen LogP contribution < -0.4 is 4.74 Å². The minimum Gasteiger partial charge on any atom is -0.482 e. The lowest BCUT2D eigenvalue weighted by atomic mass is 10.0. The van der Waals surface area contributed by atoms with Gasteiger partial charge in [-0.15, -0.1) is 0 Å². The third-order valence-electron chi connectivity index (χ3n) is 5.13. The van der Waals surface area contributed by atoms with Crippen molar-refractivity contribution in [3.05, 3.63) is 34.4 Å². The third kappa shape index (κ3) is 10.9. The summed E-state index contributed by atoms with van der Waals surface area (Å²) in [6.45, 7) is -0.0861. The number of nitro benzene ring substituents is 1. The second-order valence-corrected chi connectivity index (χ2v) is 7.82. The summed E-state index contributed by atoms with van der Waals surface area (Å²) in [5, 5.41) is 14.8. The molecule has 9 nitrogen and oxygen atoms in total. The summed E-state index contributed by atoms with van der Waals surface area (Å²) in [4.78, 5) is 39.0. The van der Waals surface area contributed by atoms with E-state index < -0.39 is 17.5 Å². The molecule has 0 N–H and O–H groups in total. The number of benzene rings is 1. The number of esters is 1. The van der Waals surface area contributed by atoms with Gasteiger partial charge in [0.2, 0.25) is 0 Å². The van der Waals surface area contributed by atoms with Crippen LogP contribution in [-0.2, 0) is 19.2 Å². The number of nitrogens with zero attached hydrogens (tertiary/aromatic N) is 2. The van der Waals surface area contributed by atoms with Crippen molar-refractivity contribution in [3.63, 3.8) is 0 Å². The highest BCUT2D eigenvalue weighted by Crippen LogP contribution is 2.19. The lowest BCUT2D eigenvalue weighted by Gasteiger charge is -2.09. The van der Waals surface area contributed by atoms with Crippen molar-refractivity contribution >= 4 is 23.3 Å². The second-order valence-electron chi connectivity index (χ2n) is 7.82. The fourth-order valence-corrected chi connectivity index (χ4v) is 3.38. The first-order valence-corrected chi connectivity index (χ1v) is 11.3. The Morgan fingerprint density at radius 1 is 1.00 bits per heavy atom. The number of carbonyl (C=O) groups excluding carboxylic acids is 2. The number of non-ortho nitro benzene ring substituents is 1. The normalized spacial score (nSPS) is 18.5. The Hall–Kier alpha value is -2.97. The molecule has 176 valence electrons. The van der Waals surface area contributed by atoms with Crippen molar-refractivity contribution in [2.24, 2.45) is 5.16 Å². The van der Waals surface area contributed by atoms with Crippen LogP contribution in [0.2, 0.25) is 0 Å². The first-order chi connectivity index (χ1) is 15.5. The highest BCUT2D eigenvalue weighted by molar-refractivity contribution is 5.85. The summed E-state index contributed by atoms with van der Waals surface area (Å²) in [7, 11) is 0. The van der Waals surface area contributed by atoms with E-state index in [1.165, 1.54) is 37.1 Å². The van der Waals surface area contributed by atoms with Crippen LogP contribution >= 0.6 is 0 Å². The van der Waals surface area contributed by atoms with Gasteiger partial charge in [-0.05, 0) is 38.2 Å². The van der Waals surface area contributed by atoms with Gasteiger partial charge in [-0.3, -0.25) is 14.9 Å². The quantitative estimate of drug-likeness (QED) is 0.266.